The van der Waals surface area contributed by atoms with Crippen LogP contribution in [0.25, 0.3) is 0 Å². The molecule has 0 saturated carbocycles. The molecule has 0 spiro atoms. The Morgan fingerprint density at radius 2 is 1.65 bits per heavy atom. The summed E-state index contributed by atoms with van der Waals surface area (Å²) in [5.41, 5.74) is 10.1. The number of hydrogen-bond donors (Lipinski definition) is 2. The van der Waals surface area contributed by atoms with E-state index in [1.807, 2.05) is 51.1 Å². The van der Waals surface area contributed by atoms with Gasteiger partial charge in [0.2, 0.25) is 5.91 Å². The van der Waals surface area contributed by atoms with Crippen LogP contribution in [0.2, 0.25) is 0 Å². The van der Waals surface area contributed by atoms with Gasteiger partial charge in [-0.2, -0.15) is 0 Å². The number of benzene rings is 2. The molecule has 2 aromatic rings. The highest BCUT2D eigenvalue weighted by molar-refractivity contribution is 5.97. The second-order valence-corrected chi connectivity index (χ2v) is 5.94. The van der Waals surface area contributed by atoms with Gasteiger partial charge in [0.25, 0.3) is 5.91 Å². The zero-order chi connectivity index (χ0) is 17.0. The number of carbonyl (C=O) groups excluding carboxylic acids is 2. The zero-order valence-electron chi connectivity index (χ0n) is 13.7. The summed E-state index contributed by atoms with van der Waals surface area (Å²) in [5.74, 6) is -0.819. The third-order valence-corrected chi connectivity index (χ3v) is 3.82. The van der Waals surface area contributed by atoms with Gasteiger partial charge in [-0.3, -0.25) is 9.59 Å². The fourth-order valence-electron chi connectivity index (χ4n) is 2.63. The van der Waals surface area contributed by atoms with Crippen LogP contribution in [-0.2, 0) is 11.2 Å². The lowest BCUT2D eigenvalue weighted by Crippen LogP contribution is -2.46. The summed E-state index contributed by atoms with van der Waals surface area (Å²) in [6.45, 7) is 5.84. The van der Waals surface area contributed by atoms with Gasteiger partial charge in [0, 0.05) is 12.0 Å². The second kappa shape index (κ2) is 7.09. The van der Waals surface area contributed by atoms with Gasteiger partial charge in [-0.05, 0) is 44.0 Å². The molecule has 4 nitrogen and oxygen atoms in total. The van der Waals surface area contributed by atoms with E-state index in [0.29, 0.717) is 12.0 Å². The molecule has 4 heteroatoms. The van der Waals surface area contributed by atoms with Gasteiger partial charge in [0.05, 0.1) is 0 Å². The SMILES string of the molecule is Cc1cc(C)cc(C(=O)N[C@H](Cc2ccccc2C)C(N)=O)c1. The molecule has 2 amide bonds. The predicted octanol–water partition coefficient (Wildman–Crippen LogP) is 2.44. The van der Waals surface area contributed by atoms with Crippen LogP contribution in [0.1, 0.15) is 32.6 Å². The van der Waals surface area contributed by atoms with E-state index in [2.05, 4.69) is 5.32 Å². The molecule has 3 N–H and O–H groups in total. The van der Waals surface area contributed by atoms with E-state index in [4.69, 9.17) is 5.73 Å². The molecule has 2 aromatic carbocycles. The zero-order valence-corrected chi connectivity index (χ0v) is 13.7. The van der Waals surface area contributed by atoms with Crippen molar-refractivity contribution in [3.8, 4) is 0 Å². The molecule has 0 aliphatic carbocycles. The van der Waals surface area contributed by atoms with Crippen LogP contribution in [0.4, 0.5) is 0 Å². The maximum atomic E-state index is 12.4. The van der Waals surface area contributed by atoms with Crippen molar-refractivity contribution in [1.82, 2.24) is 5.32 Å². The van der Waals surface area contributed by atoms with Crippen molar-refractivity contribution in [2.45, 2.75) is 33.2 Å². The molecule has 2 rings (SSSR count). The quantitative estimate of drug-likeness (QED) is 0.890. The molecule has 0 heterocycles. The fourth-order valence-corrected chi connectivity index (χ4v) is 2.63. The molecule has 0 aliphatic heterocycles. The molecular weight excluding hydrogens is 288 g/mol. The largest absolute Gasteiger partial charge is 0.368 e. The van der Waals surface area contributed by atoms with Crippen molar-refractivity contribution >= 4 is 11.8 Å². The molecule has 0 unspecified atom stereocenters. The molecule has 120 valence electrons. The highest BCUT2D eigenvalue weighted by Gasteiger charge is 2.20. The first-order valence-corrected chi connectivity index (χ1v) is 7.60. The maximum absolute atomic E-state index is 12.4. The summed E-state index contributed by atoms with van der Waals surface area (Å²) in [6, 6.07) is 12.6. The first-order chi connectivity index (χ1) is 10.9. The Kier molecular flexibility index (Phi) is 5.16. The van der Waals surface area contributed by atoms with Gasteiger partial charge >= 0.3 is 0 Å². The van der Waals surface area contributed by atoms with E-state index in [0.717, 1.165) is 22.3 Å². The second-order valence-electron chi connectivity index (χ2n) is 5.94. The Morgan fingerprint density at radius 3 is 2.22 bits per heavy atom. The topological polar surface area (TPSA) is 72.2 Å². The number of carbonyl (C=O) groups is 2. The van der Waals surface area contributed by atoms with Gasteiger partial charge in [0.15, 0.2) is 0 Å². The molecular formula is C19H22N2O2. The molecule has 1 atom stereocenters. The van der Waals surface area contributed by atoms with E-state index in [1.54, 1.807) is 12.1 Å². The lowest BCUT2D eigenvalue weighted by atomic mass is 10.00. The standard InChI is InChI=1S/C19H22N2O2/c1-12-8-13(2)10-16(9-12)19(23)21-17(18(20)22)11-15-7-5-4-6-14(15)3/h4-10,17H,11H2,1-3H3,(H2,20,22)(H,21,23)/t17-/m1/s1. The third kappa shape index (κ3) is 4.42. The minimum Gasteiger partial charge on any atom is -0.368 e. The Morgan fingerprint density at radius 1 is 1.04 bits per heavy atom. The van der Waals surface area contributed by atoms with E-state index in [-0.39, 0.29) is 5.91 Å². The first kappa shape index (κ1) is 16.7. The summed E-state index contributed by atoms with van der Waals surface area (Å²) in [4.78, 5) is 24.1. The average molecular weight is 310 g/mol. The van der Waals surface area contributed by atoms with Gasteiger partial charge < -0.3 is 11.1 Å². The first-order valence-electron chi connectivity index (χ1n) is 7.60. The van der Waals surface area contributed by atoms with Crippen LogP contribution in [-0.4, -0.2) is 17.9 Å². The number of rotatable bonds is 5. The molecule has 23 heavy (non-hydrogen) atoms. The normalized spacial score (nSPS) is 11.8. The Hall–Kier alpha value is -2.62. The van der Waals surface area contributed by atoms with E-state index in [1.165, 1.54) is 0 Å². The summed E-state index contributed by atoms with van der Waals surface area (Å²) in [5, 5.41) is 2.75. The van der Waals surface area contributed by atoms with E-state index >= 15 is 0 Å². The number of primary amides is 1. The van der Waals surface area contributed by atoms with Gasteiger partial charge in [-0.15, -0.1) is 0 Å². The van der Waals surface area contributed by atoms with E-state index in [9.17, 15) is 9.59 Å². The van der Waals surface area contributed by atoms with Crippen molar-refractivity contribution < 1.29 is 9.59 Å². The van der Waals surface area contributed by atoms with Crippen molar-refractivity contribution in [3.63, 3.8) is 0 Å². The van der Waals surface area contributed by atoms with Crippen LogP contribution < -0.4 is 11.1 Å². The van der Waals surface area contributed by atoms with Crippen LogP contribution >= 0.6 is 0 Å². The molecule has 0 radical (unpaired) electrons. The van der Waals surface area contributed by atoms with Gasteiger partial charge in [0.1, 0.15) is 6.04 Å². The maximum Gasteiger partial charge on any atom is 0.251 e. The number of hydrogen-bond acceptors (Lipinski definition) is 2. The average Bonchev–Trinajstić information content (AvgIpc) is 2.47. The van der Waals surface area contributed by atoms with Gasteiger partial charge in [-0.25, -0.2) is 0 Å². The van der Waals surface area contributed by atoms with E-state index < -0.39 is 11.9 Å². The van der Waals surface area contributed by atoms with Crippen molar-refractivity contribution in [2.75, 3.05) is 0 Å². The number of aryl methyl sites for hydroxylation is 3. The number of amides is 2. The molecule has 0 fully saturated rings. The van der Waals surface area contributed by atoms with Crippen LogP contribution in [0, 0.1) is 20.8 Å². The molecule has 0 aliphatic rings. The van der Waals surface area contributed by atoms with Gasteiger partial charge in [-0.1, -0.05) is 41.5 Å². The number of nitrogens with two attached hydrogens (primary N) is 1. The number of nitrogens with one attached hydrogen (secondary N) is 1. The highest BCUT2D eigenvalue weighted by atomic mass is 16.2. The van der Waals surface area contributed by atoms with Crippen LogP contribution in [0.5, 0.6) is 0 Å². The highest BCUT2D eigenvalue weighted by Crippen LogP contribution is 2.12. The Balaban J connectivity index is 2.18. The molecule has 0 aromatic heterocycles. The minimum atomic E-state index is -0.732. The van der Waals surface area contributed by atoms with Crippen molar-refractivity contribution in [1.29, 1.82) is 0 Å². The monoisotopic (exact) mass is 310 g/mol. The third-order valence-electron chi connectivity index (χ3n) is 3.82. The summed E-state index contributed by atoms with van der Waals surface area (Å²) < 4.78 is 0. The Bertz CT molecular complexity index is 718. The predicted molar refractivity (Wildman–Crippen MR) is 91.2 cm³/mol. The summed E-state index contributed by atoms with van der Waals surface area (Å²) in [7, 11) is 0. The van der Waals surface area contributed by atoms with Crippen LogP contribution in [0.3, 0.4) is 0 Å². The minimum absolute atomic E-state index is 0.283. The van der Waals surface area contributed by atoms with Crippen LogP contribution in [0.15, 0.2) is 42.5 Å². The Labute approximate surface area is 136 Å². The fraction of sp³-hybridized carbons (Fsp3) is 0.263. The lowest BCUT2D eigenvalue weighted by Gasteiger charge is -2.17. The van der Waals surface area contributed by atoms with Crippen molar-refractivity contribution in [3.05, 3.63) is 70.3 Å². The van der Waals surface area contributed by atoms with Crippen molar-refractivity contribution in [2.24, 2.45) is 5.73 Å². The molecule has 0 saturated heterocycles. The smallest absolute Gasteiger partial charge is 0.251 e. The lowest BCUT2D eigenvalue weighted by molar-refractivity contribution is -0.119. The summed E-state index contributed by atoms with van der Waals surface area (Å²) in [6.07, 6.45) is 0.387. The summed E-state index contributed by atoms with van der Waals surface area (Å²) >= 11 is 0. The molecule has 0 bridgehead atoms.